The van der Waals surface area contributed by atoms with Gasteiger partial charge in [-0.3, -0.25) is 9.59 Å². The SMILES string of the molecule is Cc1cc(C)c(NC(=O)CNC(=O)Cc2ccccc2F)c(Cl)c1. The number of carbonyl (C=O) groups is 2. The first-order valence-corrected chi connectivity index (χ1v) is 7.81. The van der Waals surface area contributed by atoms with Crippen LogP contribution in [0.5, 0.6) is 0 Å². The lowest BCUT2D eigenvalue weighted by molar-refractivity contribution is -0.123. The van der Waals surface area contributed by atoms with Gasteiger partial charge >= 0.3 is 0 Å². The Bertz CT molecular complexity index is 754. The third kappa shape index (κ3) is 4.80. The fourth-order valence-electron chi connectivity index (χ4n) is 2.31. The summed E-state index contributed by atoms with van der Waals surface area (Å²) in [6, 6.07) is 9.68. The number of hydrogen-bond acceptors (Lipinski definition) is 2. The molecule has 2 rings (SSSR count). The van der Waals surface area contributed by atoms with Crippen LogP contribution in [0.15, 0.2) is 36.4 Å². The number of amides is 2. The predicted molar refractivity (Wildman–Crippen MR) is 92.7 cm³/mol. The number of hydrogen-bond donors (Lipinski definition) is 2. The Kier molecular flexibility index (Phi) is 5.93. The maximum Gasteiger partial charge on any atom is 0.243 e. The molecule has 0 aliphatic heterocycles. The normalized spacial score (nSPS) is 10.3. The smallest absolute Gasteiger partial charge is 0.243 e. The molecule has 0 radical (unpaired) electrons. The van der Waals surface area contributed by atoms with Crippen LogP contribution in [-0.4, -0.2) is 18.4 Å². The Morgan fingerprint density at radius 3 is 2.50 bits per heavy atom. The average Bonchev–Trinajstić information content (AvgIpc) is 2.51. The highest BCUT2D eigenvalue weighted by molar-refractivity contribution is 6.34. The van der Waals surface area contributed by atoms with Crippen molar-refractivity contribution >= 4 is 29.1 Å². The number of aryl methyl sites for hydroxylation is 2. The van der Waals surface area contributed by atoms with Gasteiger partial charge in [0.1, 0.15) is 5.82 Å². The summed E-state index contributed by atoms with van der Waals surface area (Å²) in [6.45, 7) is 3.54. The van der Waals surface area contributed by atoms with Crippen molar-refractivity contribution < 1.29 is 14.0 Å². The van der Waals surface area contributed by atoms with Gasteiger partial charge in [0.2, 0.25) is 11.8 Å². The van der Waals surface area contributed by atoms with Gasteiger partial charge in [0.25, 0.3) is 0 Å². The molecule has 2 aromatic carbocycles. The summed E-state index contributed by atoms with van der Waals surface area (Å²) in [5, 5.41) is 5.59. The number of anilines is 1. The van der Waals surface area contributed by atoms with Crippen LogP contribution in [0.3, 0.4) is 0 Å². The molecule has 0 unspecified atom stereocenters. The van der Waals surface area contributed by atoms with Crippen molar-refractivity contribution in [3.05, 3.63) is 63.9 Å². The Hall–Kier alpha value is -2.40. The van der Waals surface area contributed by atoms with Crippen molar-refractivity contribution in [2.24, 2.45) is 0 Å². The molecule has 2 aromatic rings. The van der Waals surface area contributed by atoms with Crippen LogP contribution in [0.4, 0.5) is 10.1 Å². The first kappa shape index (κ1) is 17.9. The van der Waals surface area contributed by atoms with Gasteiger partial charge in [-0.2, -0.15) is 0 Å². The molecule has 2 N–H and O–H groups in total. The lowest BCUT2D eigenvalue weighted by Gasteiger charge is -2.12. The first-order chi connectivity index (χ1) is 11.4. The van der Waals surface area contributed by atoms with E-state index < -0.39 is 17.6 Å². The highest BCUT2D eigenvalue weighted by Crippen LogP contribution is 2.27. The summed E-state index contributed by atoms with van der Waals surface area (Å²) in [6.07, 6.45) is -0.121. The molecule has 2 amide bonds. The fourth-order valence-corrected chi connectivity index (χ4v) is 2.68. The molecule has 0 aromatic heterocycles. The minimum Gasteiger partial charge on any atom is -0.347 e. The summed E-state index contributed by atoms with van der Waals surface area (Å²) >= 11 is 6.12. The van der Waals surface area contributed by atoms with E-state index in [2.05, 4.69) is 10.6 Å². The Balaban J connectivity index is 1.90. The van der Waals surface area contributed by atoms with Crippen molar-refractivity contribution in [2.75, 3.05) is 11.9 Å². The van der Waals surface area contributed by atoms with Crippen LogP contribution in [0.2, 0.25) is 5.02 Å². The lowest BCUT2D eigenvalue weighted by atomic mass is 10.1. The quantitative estimate of drug-likeness (QED) is 0.870. The van der Waals surface area contributed by atoms with Crippen molar-refractivity contribution in [1.82, 2.24) is 5.32 Å². The third-order valence-corrected chi connectivity index (χ3v) is 3.75. The zero-order chi connectivity index (χ0) is 17.7. The lowest BCUT2D eigenvalue weighted by Crippen LogP contribution is -2.34. The minimum absolute atomic E-state index is 0.121. The van der Waals surface area contributed by atoms with E-state index in [-0.39, 0.29) is 18.5 Å². The predicted octanol–water partition coefficient (Wildman–Crippen LogP) is 3.39. The summed E-state index contributed by atoms with van der Waals surface area (Å²) in [4.78, 5) is 23.8. The molecule has 4 nitrogen and oxygen atoms in total. The van der Waals surface area contributed by atoms with Gasteiger partial charge in [-0.05, 0) is 42.7 Å². The highest BCUT2D eigenvalue weighted by atomic mass is 35.5. The average molecular weight is 349 g/mol. The molecule has 6 heteroatoms. The zero-order valence-corrected chi connectivity index (χ0v) is 14.2. The van der Waals surface area contributed by atoms with Gasteiger partial charge in [-0.1, -0.05) is 35.9 Å². The zero-order valence-electron chi connectivity index (χ0n) is 13.5. The van der Waals surface area contributed by atoms with Gasteiger partial charge < -0.3 is 10.6 Å². The summed E-state index contributed by atoms with van der Waals surface area (Å²) in [5.74, 6) is -1.27. The van der Waals surface area contributed by atoms with Crippen LogP contribution in [0.25, 0.3) is 0 Å². The molecule has 0 saturated heterocycles. The van der Waals surface area contributed by atoms with E-state index in [0.717, 1.165) is 11.1 Å². The van der Waals surface area contributed by atoms with E-state index in [9.17, 15) is 14.0 Å². The minimum atomic E-state index is -0.445. The summed E-state index contributed by atoms with van der Waals surface area (Å²) < 4.78 is 13.5. The van der Waals surface area contributed by atoms with Crippen molar-refractivity contribution in [3.63, 3.8) is 0 Å². The van der Waals surface area contributed by atoms with E-state index in [1.807, 2.05) is 19.9 Å². The van der Waals surface area contributed by atoms with Gasteiger partial charge in [0, 0.05) is 0 Å². The second kappa shape index (κ2) is 7.93. The number of nitrogens with one attached hydrogen (secondary N) is 2. The monoisotopic (exact) mass is 348 g/mol. The van der Waals surface area contributed by atoms with E-state index in [1.165, 1.54) is 12.1 Å². The van der Waals surface area contributed by atoms with E-state index in [1.54, 1.807) is 18.2 Å². The van der Waals surface area contributed by atoms with Gasteiger partial charge in [-0.25, -0.2) is 4.39 Å². The largest absolute Gasteiger partial charge is 0.347 e. The molecule has 0 saturated carbocycles. The van der Waals surface area contributed by atoms with Crippen LogP contribution < -0.4 is 10.6 Å². The summed E-state index contributed by atoms with van der Waals surface area (Å²) in [5.41, 5.74) is 2.64. The highest BCUT2D eigenvalue weighted by Gasteiger charge is 2.12. The molecular weight excluding hydrogens is 331 g/mol. The summed E-state index contributed by atoms with van der Waals surface area (Å²) in [7, 11) is 0. The molecule has 0 heterocycles. The van der Waals surface area contributed by atoms with Crippen molar-refractivity contribution in [1.29, 1.82) is 0 Å². The number of carbonyl (C=O) groups excluding carboxylic acids is 2. The van der Waals surface area contributed by atoms with Crippen LogP contribution in [-0.2, 0) is 16.0 Å². The maximum atomic E-state index is 13.5. The molecule has 0 spiro atoms. The maximum absolute atomic E-state index is 13.5. The Morgan fingerprint density at radius 1 is 1.12 bits per heavy atom. The number of rotatable bonds is 5. The topological polar surface area (TPSA) is 58.2 Å². The van der Waals surface area contributed by atoms with Gasteiger partial charge in [-0.15, -0.1) is 0 Å². The van der Waals surface area contributed by atoms with Crippen LogP contribution >= 0.6 is 11.6 Å². The molecule has 126 valence electrons. The third-order valence-electron chi connectivity index (χ3n) is 3.45. The van der Waals surface area contributed by atoms with Crippen molar-refractivity contribution in [3.8, 4) is 0 Å². The van der Waals surface area contributed by atoms with Crippen LogP contribution in [0, 0.1) is 19.7 Å². The van der Waals surface area contributed by atoms with Crippen molar-refractivity contribution in [2.45, 2.75) is 20.3 Å². The van der Waals surface area contributed by atoms with Gasteiger partial charge in [0.15, 0.2) is 0 Å². The standard InChI is InChI=1S/C18H18ClFN2O2/c1-11-7-12(2)18(14(19)8-11)22-17(24)10-21-16(23)9-13-5-3-4-6-15(13)20/h3-8H,9-10H2,1-2H3,(H,21,23)(H,22,24). The Morgan fingerprint density at radius 2 is 1.83 bits per heavy atom. The van der Waals surface area contributed by atoms with E-state index in [0.29, 0.717) is 10.7 Å². The van der Waals surface area contributed by atoms with Crippen LogP contribution in [0.1, 0.15) is 16.7 Å². The molecule has 0 aliphatic rings. The molecule has 24 heavy (non-hydrogen) atoms. The van der Waals surface area contributed by atoms with E-state index in [4.69, 9.17) is 11.6 Å². The second-order valence-electron chi connectivity index (χ2n) is 5.53. The number of halogens is 2. The fraction of sp³-hybridized carbons (Fsp3) is 0.222. The Labute approximate surface area is 145 Å². The molecular formula is C18H18ClFN2O2. The van der Waals surface area contributed by atoms with E-state index >= 15 is 0 Å². The molecule has 0 fully saturated rings. The van der Waals surface area contributed by atoms with Gasteiger partial charge in [0.05, 0.1) is 23.7 Å². The molecule has 0 bridgehead atoms. The molecule has 0 atom stereocenters. The number of benzene rings is 2. The second-order valence-corrected chi connectivity index (χ2v) is 5.94. The molecule has 0 aliphatic carbocycles. The first-order valence-electron chi connectivity index (χ1n) is 7.43.